The first kappa shape index (κ1) is 17.4. The van der Waals surface area contributed by atoms with Crippen LogP contribution in [0.1, 0.15) is 16.7 Å². The molecule has 4 aromatic rings. The Hall–Kier alpha value is -3.65. The van der Waals surface area contributed by atoms with E-state index in [-0.39, 0.29) is 18.2 Å². The minimum Gasteiger partial charge on any atom is -0.402 e. The summed E-state index contributed by atoms with van der Waals surface area (Å²) in [7, 11) is 0. The van der Waals surface area contributed by atoms with Gasteiger partial charge in [-0.05, 0) is 5.56 Å². The van der Waals surface area contributed by atoms with Crippen LogP contribution < -0.4 is 5.32 Å². The molecule has 1 N–H and O–H groups in total. The van der Waals surface area contributed by atoms with Crippen molar-refractivity contribution in [3.8, 4) is 10.8 Å². The number of hydrogen-bond donors (Lipinski definition) is 1. The summed E-state index contributed by atoms with van der Waals surface area (Å²) in [5, 5.41) is 11.0. The molecular weight excluding hydrogens is 386 g/mol. The van der Waals surface area contributed by atoms with E-state index in [1.54, 1.807) is 11.7 Å². The molecule has 8 heteroatoms. The second-order valence-corrected chi connectivity index (χ2v) is 7.36. The average Bonchev–Trinajstić information content (AvgIpc) is 3.42. The van der Waals surface area contributed by atoms with Crippen LogP contribution in [0.4, 0.5) is 6.01 Å². The number of carbonyl (C=O) groups is 1. The molecule has 0 aliphatic carbocycles. The highest BCUT2D eigenvalue weighted by molar-refractivity contribution is 7.13. The molecule has 0 saturated heterocycles. The zero-order valence-electron chi connectivity index (χ0n) is 15.1. The standard InChI is InChI=1S/C21H15N5O2S/c27-16-10-14-8-4-5-9-15(14)18(13-6-2-1-3-7-13)23-19(16)24-21-26-25-20(28-21)17-11-22-12-29-17/h1-9,11-12,19H,10H2,(H,24,26)/t19-/m1/s1. The number of benzene rings is 2. The summed E-state index contributed by atoms with van der Waals surface area (Å²) in [6, 6.07) is 17.8. The predicted octanol–water partition coefficient (Wildman–Crippen LogP) is 3.59. The molecule has 0 bridgehead atoms. The summed E-state index contributed by atoms with van der Waals surface area (Å²) in [5.41, 5.74) is 5.28. The van der Waals surface area contributed by atoms with Gasteiger partial charge in [-0.2, -0.15) is 0 Å². The molecule has 0 unspecified atom stereocenters. The molecular formula is C21H15N5O2S. The van der Waals surface area contributed by atoms with Gasteiger partial charge in [0.1, 0.15) is 4.88 Å². The molecule has 7 nitrogen and oxygen atoms in total. The van der Waals surface area contributed by atoms with Crippen LogP contribution in [0.25, 0.3) is 10.8 Å². The number of fused-ring (bicyclic) bond motifs is 1. The number of carbonyl (C=O) groups excluding carboxylic acids is 1. The fraction of sp³-hybridized carbons (Fsp3) is 0.0952. The lowest BCUT2D eigenvalue weighted by molar-refractivity contribution is -0.119. The number of hydrogen-bond acceptors (Lipinski definition) is 8. The highest BCUT2D eigenvalue weighted by atomic mass is 32.1. The van der Waals surface area contributed by atoms with Crippen molar-refractivity contribution in [1.29, 1.82) is 0 Å². The monoisotopic (exact) mass is 401 g/mol. The zero-order valence-corrected chi connectivity index (χ0v) is 16.0. The topological polar surface area (TPSA) is 93.3 Å². The minimum atomic E-state index is -0.827. The zero-order chi connectivity index (χ0) is 19.6. The van der Waals surface area contributed by atoms with Gasteiger partial charge in [0.05, 0.1) is 17.4 Å². The number of thiazole rings is 1. The summed E-state index contributed by atoms with van der Waals surface area (Å²) >= 11 is 1.40. The highest BCUT2D eigenvalue weighted by Gasteiger charge is 2.27. The maximum Gasteiger partial charge on any atom is 0.317 e. The minimum absolute atomic E-state index is 0.0686. The maximum absolute atomic E-state index is 12.9. The molecule has 3 heterocycles. The molecule has 2 aromatic carbocycles. The molecule has 0 fully saturated rings. The van der Waals surface area contributed by atoms with Crippen molar-refractivity contribution in [1.82, 2.24) is 15.2 Å². The summed E-state index contributed by atoms with van der Waals surface area (Å²) in [6.07, 6.45) is 1.09. The van der Waals surface area contributed by atoms with Crippen LogP contribution >= 0.6 is 11.3 Å². The van der Waals surface area contributed by atoms with Crippen molar-refractivity contribution in [2.75, 3.05) is 5.32 Å². The van der Waals surface area contributed by atoms with Crippen molar-refractivity contribution < 1.29 is 9.21 Å². The SMILES string of the molecule is O=C1Cc2ccccc2C(c2ccccc2)=N[C@@H]1Nc1nnc(-c2cncs2)o1. The normalized spacial score (nSPS) is 16.1. The Morgan fingerprint density at radius 1 is 1.03 bits per heavy atom. The van der Waals surface area contributed by atoms with Crippen LogP contribution in [0.3, 0.4) is 0 Å². The van der Waals surface area contributed by atoms with E-state index in [4.69, 9.17) is 9.41 Å². The second-order valence-electron chi connectivity index (χ2n) is 6.47. The first-order chi connectivity index (χ1) is 14.3. The van der Waals surface area contributed by atoms with Gasteiger partial charge in [0.25, 0.3) is 5.89 Å². The van der Waals surface area contributed by atoms with Gasteiger partial charge < -0.3 is 9.73 Å². The van der Waals surface area contributed by atoms with Gasteiger partial charge in [0.2, 0.25) is 0 Å². The van der Waals surface area contributed by atoms with Crippen LogP contribution in [0.2, 0.25) is 0 Å². The number of aliphatic imine (C=N–C) groups is 1. The third-order valence-electron chi connectivity index (χ3n) is 4.58. The van der Waals surface area contributed by atoms with Crippen LogP contribution in [0.5, 0.6) is 0 Å². The Bertz CT molecular complexity index is 1180. The van der Waals surface area contributed by atoms with Gasteiger partial charge in [0.15, 0.2) is 11.9 Å². The number of rotatable bonds is 4. The predicted molar refractivity (Wildman–Crippen MR) is 110 cm³/mol. The fourth-order valence-electron chi connectivity index (χ4n) is 3.22. The van der Waals surface area contributed by atoms with Crippen LogP contribution in [0, 0.1) is 0 Å². The number of anilines is 1. The third-order valence-corrected chi connectivity index (χ3v) is 5.34. The molecule has 5 rings (SSSR count). The second kappa shape index (κ2) is 7.40. The Balaban J connectivity index is 1.52. The van der Waals surface area contributed by atoms with Crippen molar-refractivity contribution >= 4 is 28.8 Å². The van der Waals surface area contributed by atoms with Gasteiger partial charge in [-0.3, -0.25) is 14.8 Å². The van der Waals surface area contributed by atoms with Crippen molar-refractivity contribution in [3.63, 3.8) is 0 Å². The first-order valence-corrected chi connectivity index (χ1v) is 9.89. The quantitative estimate of drug-likeness (QED) is 0.562. The first-order valence-electron chi connectivity index (χ1n) is 9.01. The van der Waals surface area contributed by atoms with Crippen LogP contribution in [-0.4, -0.2) is 32.8 Å². The number of nitrogens with zero attached hydrogens (tertiary/aromatic N) is 4. The number of nitrogens with one attached hydrogen (secondary N) is 1. The molecule has 1 atom stereocenters. The van der Waals surface area contributed by atoms with Crippen molar-refractivity contribution in [2.24, 2.45) is 4.99 Å². The smallest absolute Gasteiger partial charge is 0.317 e. The Kier molecular flexibility index (Phi) is 4.45. The van der Waals surface area contributed by atoms with Crippen LogP contribution in [-0.2, 0) is 11.2 Å². The highest BCUT2D eigenvalue weighted by Crippen LogP contribution is 2.25. The Morgan fingerprint density at radius 3 is 2.69 bits per heavy atom. The largest absolute Gasteiger partial charge is 0.402 e. The molecule has 0 amide bonds. The van der Waals surface area contributed by atoms with E-state index >= 15 is 0 Å². The molecule has 0 radical (unpaired) electrons. The molecule has 1 aliphatic rings. The molecule has 29 heavy (non-hydrogen) atoms. The van der Waals surface area contributed by atoms with Crippen LogP contribution in [0.15, 0.2) is 75.7 Å². The Morgan fingerprint density at radius 2 is 1.86 bits per heavy atom. The third kappa shape index (κ3) is 3.45. The van der Waals surface area contributed by atoms with E-state index < -0.39 is 6.17 Å². The molecule has 2 aromatic heterocycles. The molecule has 1 aliphatic heterocycles. The maximum atomic E-state index is 12.9. The lowest BCUT2D eigenvalue weighted by Crippen LogP contribution is -2.29. The van der Waals surface area contributed by atoms with E-state index in [0.29, 0.717) is 5.89 Å². The van der Waals surface area contributed by atoms with E-state index in [1.807, 2.05) is 54.6 Å². The van der Waals surface area contributed by atoms with E-state index in [2.05, 4.69) is 20.5 Å². The lowest BCUT2D eigenvalue weighted by Gasteiger charge is -2.11. The number of ketones is 1. The van der Waals surface area contributed by atoms with E-state index in [1.165, 1.54) is 11.3 Å². The van der Waals surface area contributed by atoms with Crippen molar-refractivity contribution in [2.45, 2.75) is 12.6 Å². The summed E-state index contributed by atoms with van der Waals surface area (Å²) in [4.78, 5) is 22.5. The molecule has 142 valence electrons. The fourth-order valence-corrected chi connectivity index (χ4v) is 3.76. The summed E-state index contributed by atoms with van der Waals surface area (Å²) in [5.74, 6) is 0.285. The molecule has 0 spiro atoms. The number of Topliss-reactive ketones (excluding diaryl/α,β-unsaturated/α-hetero) is 1. The van der Waals surface area contributed by atoms with Crippen molar-refractivity contribution in [3.05, 3.63) is 83.0 Å². The van der Waals surface area contributed by atoms with E-state index in [9.17, 15) is 4.79 Å². The van der Waals surface area contributed by atoms with Gasteiger partial charge in [-0.25, -0.2) is 0 Å². The average molecular weight is 401 g/mol. The number of aromatic nitrogens is 3. The summed E-state index contributed by atoms with van der Waals surface area (Å²) in [6.45, 7) is 0. The van der Waals surface area contributed by atoms with Gasteiger partial charge in [-0.15, -0.1) is 16.4 Å². The van der Waals surface area contributed by atoms with Gasteiger partial charge in [0, 0.05) is 17.5 Å². The van der Waals surface area contributed by atoms with E-state index in [0.717, 1.165) is 27.3 Å². The Labute approximate surface area is 170 Å². The molecule has 0 saturated carbocycles. The lowest BCUT2D eigenvalue weighted by atomic mass is 9.96. The van der Waals surface area contributed by atoms with Gasteiger partial charge >= 0.3 is 6.01 Å². The van der Waals surface area contributed by atoms with Gasteiger partial charge in [-0.1, -0.05) is 59.7 Å². The summed E-state index contributed by atoms with van der Waals surface area (Å²) < 4.78 is 5.65.